The summed E-state index contributed by atoms with van der Waals surface area (Å²) in [6.07, 6.45) is 0.562. The second kappa shape index (κ2) is 3.10. The molecule has 0 bridgehead atoms. The molecular weight excluding hydrogens is 237 g/mol. The lowest BCUT2D eigenvalue weighted by Crippen LogP contribution is -2.32. The first-order valence-electron chi connectivity index (χ1n) is 3.95. The van der Waals surface area contributed by atoms with Crippen LogP contribution in [0.15, 0.2) is 16.6 Å². The molecule has 4 heteroatoms. The molecule has 1 heterocycles. The number of halogens is 2. The Balaban J connectivity index is 2.63. The van der Waals surface area contributed by atoms with Crippen molar-refractivity contribution in [3.63, 3.8) is 0 Å². The molecule has 0 saturated heterocycles. The summed E-state index contributed by atoms with van der Waals surface area (Å²) in [7, 11) is 0. The first-order chi connectivity index (χ1) is 6.20. The standard InChI is InChI=1S/C9H7BrFNO/c10-7-2-1-6-5(8(7)11)3-4-12-9(6)13/h1-2H,3-4H2,(H,12,13). The van der Waals surface area contributed by atoms with Gasteiger partial charge >= 0.3 is 0 Å². The molecule has 0 fully saturated rings. The van der Waals surface area contributed by atoms with E-state index in [9.17, 15) is 9.18 Å². The lowest BCUT2D eigenvalue weighted by Gasteiger charge is -2.17. The van der Waals surface area contributed by atoms with Crippen molar-refractivity contribution in [3.8, 4) is 0 Å². The molecule has 68 valence electrons. The summed E-state index contributed by atoms with van der Waals surface area (Å²) >= 11 is 3.09. The Morgan fingerprint density at radius 2 is 2.23 bits per heavy atom. The quantitative estimate of drug-likeness (QED) is 0.741. The Morgan fingerprint density at radius 1 is 1.46 bits per heavy atom. The van der Waals surface area contributed by atoms with E-state index in [1.54, 1.807) is 12.1 Å². The van der Waals surface area contributed by atoms with Gasteiger partial charge in [0.15, 0.2) is 0 Å². The van der Waals surface area contributed by atoms with Crippen LogP contribution in [0.4, 0.5) is 4.39 Å². The van der Waals surface area contributed by atoms with Crippen LogP contribution in [0.25, 0.3) is 0 Å². The first-order valence-corrected chi connectivity index (χ1v) is 4.74. The molecule has 0 aliphatic carbocycles. The van der Waals surface area contributed by atoms with Gasteiger partial charge < -0.3 is 5.32 Å². The Kier molecular flexibility index (Phi) is 2.07. The van der Waals surface area contributed by atoms with Crippen LogP contribution in [0.2, 0.25) is 0 Å². The number of nitrogens with one attached hydrogen (secondary N) is 1. The van der Waals surface area contributed by atoms with Crippen molar-refractivity contribution in [2.45, 2.75) is 6.42 Å². The highest BCUT2D eigenvalue weighted by atomic mass is 79.9. The average Bonchev–Trinajstić information content (AvgIpc) is 2.12. The third-order valence-electron chi connectivity index (χ3n) is 2.10. The summed E-state index contributed by atoms with van der Waals surface area (Å²) in [5, 5.41) is 2.66. The van der Waals surface area contributed by atoms with Gasteiger partial charge in [0.1, 0.15) is 5.82 Å². The molecule has 1 aromatic rings. The van der Waals surface area contributed by atoms with Gasteiger partial charge in [-0.1, -0.05) is 0 Å². The van der Waals surface area contributed by atoms with Crippen molar-refractivity contribution in [2.75, 3.05) is 6.54 Å². The minimum absolute atomic E-state index is 0.187. The van der Waals surface area contributed by atoms with Crippen LogP contribution in [0, 0.1) is 5.82 Å². The minimum Gasteiger partial charge on any atom is -0.352 e. The minimum atomic E-state index is -0.313. The molecule has 0 aromatic heterocycles. The maximum atomic E-state index is 13.4. The Bertz CT molecular complexity index is 378. The summed E-state index contributed by atoms with van der Waals surface area (Å²) < 4.78 is 13.8. The number of carbonyl (C=O) groups is 1. The van der Waals surface area contributed by atoms with Gasteiger partial charge in [-0.05, 0) is 34.5 Å². The summed E-state index contributed by atoms with van der Waals surface area (Å²) in [5.41, 5.74) is 0.963. The molecule has 2 rings (SSSR count). The van der Waals surface area contributed by atoms with E-state index < -0.39 is 0 Å². The lowest BCUT2D eigenvalue weighted by atomic mass is 10.0. The third-order valence-corrected chi connectivity index (χ3v) is 2.71. The molecule has 0 spiro atoms. The summed E-state index contributed by atoms with van der Waals surface area (Å²) in [6.45, 7) is 0.513. The molecule has 0 saturated carbocycles. The number of benzene rings is 1. The fourth-order valence-corrected chi connectivity index (χ4v) is 1.82. The number of hydrogen-bond acceptors (Lipinski definition) is 1. The van der Waals surface area contributed by atoms with Crippen LogP contribution < -0.4 is 5.32 Å². The van der Waals surface area contributed by atoms with Crippen LogP contribution >= 0.6 is 15.9 Å². The van der Waals surface area contributed by atoms with Gasteiger partial charge in [-0.3, -0.25) is 4.79 Å². The zero-order valence-corrected chi connectivity index (χ0v) is 8.32. The van der Waals surface area contributed by atoms with Crippen LogP contribution in [0.5, 0.6) is 0 Å². The predicted molar refractivity (Wildman–Crippen MR) is 50.1 cm³/mol. The van der Waals surface area contributed by atoms with Crippen molar-refractivity contribution < 1.29 is 9.18 Å². The lowest BCUT2D eigenvalue weighted by molar-refractivity contribution is 0.0945. The van der Waals surface area contributed by atoms with E-state index in [0.717, 1.165) is 0 Å². The maximum Gasteiger partial charge on any atom is 0.251 e. The number of fused-ring (bicyclic) bond motifs is 1. The van der Waals surface area contributed by atoms with E-state index in [-0.39, 0.29) is 11.7 Å². The molecule has 1 aliphatic heterocycles. The topological polar surface area (TPSA) is 29.1 Å². The zero-order valence-electron chi connectivity index (χ0n) is 6.73. The maximum absolute atomic E-state index is 13.4. The normalized spacial score (nSPS) is 15.1. The summed E-state index contributed by atoms with van der Waals surface area (Å²) in [6, 6.07) is 3.19. The SMILES string of the molecule is O=C1NCCc2c1ccc(Br)c2F. The fraction of sp³-hybridized carbons (Fsp3) is 0.222. The number of carbonyl (C=O) groups excluding carboxylic acids is 1. The summed E-state index contributed by atoms with van der Waals surface area (Å²) in [4.78, 5) is 11.3. The smallest absolute Gasteiger partial charge is 0.251 e. The zero-order chi connectivity index (χ0) is 9.42. The van der Waals surface area contributed by atoms with Crippen molar-refractivity contribution in [1.29, 1.82) is 0 Å². The van der Waals surface area contributed by atoms with Gasteiger partial charge in [-0.2, -0.15) is 0 Å². The van der Waals surface area contributed by atoms with E-state index >= 15 is 0 Å². The van der Waals surface area contributed by atoms with Gasteiger partial charge in [-0.25, -0.2) is 4.39 Å². The van der Waals surface area contributed by atoms with Crippen LogP contribution in [-0.2, 0) is 6.42 Å². The average molecular weight is 244 g/mol. The van der Waals surface area contributed by atoms with E-state index in [4.69, 9.17) is 0 Å². The van der Waals surface area contributed by atoms with E-state index in [0.29, 0.717) is 28.6 Å². The molecule has 1 aromatic carbocycles. The molecule has 2 nitrogen and oxygen atoms in total. The number of rotatable bonds is 0. The third kappa shape index (κ3) is 1.35. The Hall–Kier alpha value is -0.900. The number of amides is 1. The highest BCUT2D eigenvalue weighted by Crippen LogP contribution is 2.24. The molecule has 1 amide bonds. The van der Waals surface area contributed by atoms with Crippen molar-refractivity contribution >= 4 is 21.8 Å². The van der Waals surface area contributed by atoms with Crippen LogP contribution in [-0.4, -0.2) is 12.5 Å². The van der Waals surface area contributed by atoms with Gasteiger partial charge in [0, 0.05) is 17.7 Å². The molecular formula is C9H7BrFNO. The Labute approximate surface area is 83.3 Å². The van der Waals surface area contributed by atoms with Crippen molar-refractivity contribution in [2.24, 2.45) is 0 Å². The first kappa shape index (κ1) is 8.69. The Morgan fingerprint density at radius 3 is 3.00 bits per heavy atom. The summed E-state index contributed by atoms with van der Waals surface area (Å²) in [5.74, 6) is -0.500. The molecule has 0 unspecified atom stereocenters. The monoisotopic (exact) mass is 243 g/mol. The molecule has 1 aliphatic rings. The van der Waals surface area contributed by atoms with E-state index in [1.807, 2.05) is 0 Å². The second-order valence-electron chi connectivity index (χ2n) is 2.89. The van der Waals surface area contributed by atoms with Gasteiger partial charge in [-0.15, -0.1) is 0 Å². The van der Waals surface area contributed by atoms with Crippen LogP contribution in [0.3, 0.4) is 0 Å². The molecule has 13 heavy (non-hydrogen) atoms. The van der Waals surface area contributed by atoms with E-state index in [1.165, 1.54) is 0 Å². The van der Waals surface area contributed by atoms with E-state index in [2.05, 4.69) is 21.2 Å². The van der Waals surface area contributed by atoms with Crippen molar-refractivity contribution in [3.05, 3.63) is 33.5 Å². The number of hydrogen-bond donors (Lipinski definition) is 1. The highest BCUT2D eigenvalue weighted by molar-refractivity contribution is 9.10. The van der Waals surface area contributed by atoms with Gasteiger partial charge in [0.2, 0.25) is 0 Å². The fourth-order valence-electron chi connectivity index (χ4n) is 1.45. The molecule has 1 N–H and O–H groups in total. The second-order valence-corrected chi connectivity index (χ2v) is 3.75. The largest absolute Gasteiger partial charge is 0.352 e. The van der Waals surface area contributed by atoms with Crippen molar-refractivity contribution in [1.82, 2.24) is 5.32 Å². The predicted octanol–water partition coefficient (Wildman–Crippen LogP) is 1.87. The van der Waals surface area contributed by atoms with Gasteiger partial charge in [0.05, 0.1) is 4.47 Å². The molecule has 0 radical (unpaired) electrons. The molecule has 0 atom stereocenters. The van der Waals surface area contributed by atoms with Crippen LogP contribution in [0.1, 0.15) is 15.9 Å². The highest BCUT2D eigenvalue weighted by Gasteiger charge is 2.20. The van der Waals surface area contributed by atoms with Gasteiger partial charge in [0.25, 0.3) is 5.91 Å².